The van der Waals surface area contributed by atoms with Crippen molar-refractivity contribution in [3.8, 4) is 17.1 Å². The number of fused-ring (bicyclic) bond motifs is 1. The Bertz CT molecular complexity index is 2130. The molecule has 50 heavy (non-hydrogen) atoms. The van der Waals surface area contributed by atoms with E-state index < -0.39 is 76.9 Å². The molecular formula is C32H25F9N6O3. The number of methoxy groups -OCH3 is 1. The highest BCUT2D eigenvalue weighted by molar-refractivity contribution is 5.86. The highest BCUT2D eigenvalue weighted by Crippen LogP contribution is 2.34. The van der Waals surface area contributed by atoms with Crippen LogP contribution in [0.5, 0.6) is 5.75 Å². The van der Waals surface area contributed by atoms with Crippen molar-refractivity contribution >= 4 is 16.5 Å². The number of hydrogen-bond acceptors (Lipinski definition) is 7. The molecule has 0 aliphatic rings. The number of nitrogens with one attached hydrogen (secondary N) is 1. The number of benzene rings is 2. The van der Waals surface area contributed by atoms with Crippen LogP contribution >= 0.6 is 0 Å². The number of alkyl halides is 8. The molecule has 0 radical (unpaired) electrons. The van der Waals surface area contributed by atoms with E-state index >= 15 is 8.78 Å². The largest absolute Gasteiger partial charge is 0.497 e. The first-order chi connectivity index (χ1) is 23.4. The van der Waals surface area contributed by atoms with E-state index in [1.54, 1.807) is 12.1 Å². The fraction of sp³-hybridized carbons (Fsp3) is 0.281. The molecule has 1 atom stereocenters. The maximum absolute atomic E-state index is 15.2. The lowest BCUT2D eigenvalue weighted by atomic mass is 10.1. The molecular weight excluding hydrogens is 687 g/mol. The second-order valence-electron chi connectivity index (χ2n) is 11.3. The summed E-state index contributed by atoms with van der Waals surface area (Å²) in [6.45, 7) is -0.401. The predicted octanol–water partition coefficient (Wildman–Crippen LogP) is 6.77. The molecule has 0 fully saturated rings. The predicted molar refractivity (Wildman–Crippen MR) is 162 cm³/mol. The van der Waals surface area contributed by atoms with E-state index in [9.17, 15) is 40.3 Å². The van der Waals surface area contributed by atoms with Gasteiger partial charge < -0.3 is 14.6 Å². The number of aromatic nitrogens is 5. The van der Waals surface area contributed by atoms with Crippen molar-refractivity contribution in [2.75, 3.05) is 12.4 Å². The maximum atomic E-state index is 15.2. The molecule has 3 heterocycles. The smallest absolute Gasteiger partial charge is 0.423 e. The second-order valence-corrected chi connectivity index (χ2v) is 11.3. The zero-order chi connectivity index (χ0) is 36.6. The van der Waals surface area contributed by atoms with Crippen LogP contribution in [0.1, 0.15) is 30.0 Å². The summed E-state index contributed by atoms with van der Waals surface area (Å²) in [7, 11) is 1.43. The monoisotopic (exact) mass is 712 g/mol. The molecule has 0 saturated carbocycles. The third-order valence-electron chi connectivity index (χ3n) is 7.51. The van der Waals surface area contributed by atoms with Gasteiger partial charge in [0, 0.05) is 31.1 Å². The molecule has 0 aliphatic heterocycles. The summed E-state index contributed by atoms with van der Waals surface area (Å²) >= 11 is 0. The summed E-state index contributed by atoms with van der Waals surface area (Å²) in [5.41, 5.74) is -6.04. The van der Waals surface area contributed by atoms with Gasteiger partial charge in [0.25, 0.3) is 17.0 Å². The van der Waals surface area contributed by atoms with E-state index in [1.165, 1.54) is 25.3 Å². The Kier molecular flexibility index (Phi) is 9.67. The average Bonchev–Trinajstić information content (AvgIpc) is 3.03. The van der Waals surface area contributed by atoms with E-state index in [4.69, 9.17) is 4.74 Å². The summed E-state index contributed by atoms with van der Waals surface area (Å²) in [5, 5.41) is 5.80. The minimum atomic E-state index is -5.17. The van der Waals surface area contributed by atoms with Gasteiger partial charge in [0.15, 0.2) is 5.82 Å². The molecule has 0 aliphatic carbocycles. The second kappa shape index (κ2) is 13.5. The Morgan fingerprint density at radius 1 is 0.880 bits per heavy atom. The summed E-state index contributed by atoms with van der Waals surface area (Å²) in [4.78, 5) is 32.9. The normalized spacial score (nSPS) is 13.0. The Labute approximate surface area is 276 Å². The molecule has 3 aromatic heterocycles. The lowest BCUT2D eigenvalue weighted by molar-refractivity contribution is -0.139. The van der Waals surface area contributed by atoms with Gasteiger partial charge in [-0.2, -0.15) is 31.4 Å². The third kappa shape index (κ3) is 7.89. The Morgan fingerprint density at radius 3 is 2.14 bits per heavy atom. The van der Waals surface area contributed by atoms with Crippen molar-refractivity contribution in [1.82, 2.24) is 24.3 Å². The van der Waals surface area contributed by atoms with E-state index in [2.05, 4.69) is 20.4 Å². The van der Waals surface area contributed by atoms with Crippen molar-refractivity contribution in [2.45, 2.75) is 50.8 Å². The molecule has 5 aromatic rings. The third-order valence-corrected chi connectivity index (χ3v) is 7.51. The van der Waals surface area contributed by atoms with Crippen LogP contribution in [-0.4, -0.2) is 43.4 Å². The first kappa shape index (κ1) is 35.9. The zero-order valence-corrected chi connectivity index (χ0v) is 25.9. The first-order valence-electron chi connectivity index (χ1n) is 14.5. The van der Waals surface area contributed by atoms with Crippen molar-refractivity contribution in [1.29, 1.82) is 0 Å². The summed E-state index contributed by atoms with van der Waals surface area (Å²) in [5.74, 6) is -4.73. The maximum Gasteiger partial charge on any atom is 0.423 e. The SMILES string of the molecule is COc1ccc(Cn2ncc(NC(C)CC(F)(F)Cn3ccc4cc(-c5ncc(C(F)(F)F)cn5)c(F)cc4c3=O)c(C(F)(F)F)c2=O)cc1. The van der Waals surface area contributed by atoms with Crippen LogP contribution in [0.4, 0.5) is 45.2 Å². The number of ether oxygens (including phenoxy) is 1. The molecule has 2 aromatic carbocycles. The molecule has 5 rings (SSSR count). The molecule has 18 heteroatoms. The molecule has 9 nitrogen and oxygen atoms in total. The van der Waals surface area contributed by atoms with E-state index in [-0.39, 0.29) is 22.9 Å². The Hall–Kier alpha value is -5.42. The number of anilines is 1. The van der Waals surface area contributed by atoms with Gasteiger partial charge in [0.2, 0.25) is 0 Å². The molecule has 264 valence electrons. The number of hydrogen-bond donors (Lipinski definition) is 1. The van der Waals surface area contributed by atoms with Crippen LogP contribution in [0.25, 0.3) is 22.2 Å². The van der Waals surface area contributed by atoms with Gasteiger partial charge in [0.1, 0.15) is 17.1 Å². The summed E-state index contributed by atoms with van der Waals surface area (Å²) < 4.78 is 132. The highest BCUT2D eigenvalue weighted by Gasteiger charge is 2.40. The van der Waals surface area contributed by atoms with Crippen LogP contribution in [0, 0.1) is 5.82 Å². The van der Waals surface area contributed by atoms with Crippen LogP contribution in [0.3, 0.4) is 0 Å². The van der Waals surface area contributed by atoms with Gasteiger partial charge in [-0.05, 0) is 48.2 Å². The fourth-order valence-corrected chi connectivity index (χ4v) is 5.18. The standard InChI is InChI=1S/C32H25F9N6O3/c1-17(45-25-14-44-47(29(49)26(25)32(39,40)41)15-18-3-5-21(50-2)6-4-18)11-30(34,35)16-46-8-7-19-9-23(24(33)10-22(19)28(46)48)27-42-12-20(13-43-27)31(36,37)38/h3-10,12-14,17,45H,11,15-16H2,1-2H3. The summed E-state index contributed by atoms with van der Waals surface area (Å²) in [6.07, 6.45) is -8.37. The van der Waals surface area contributed by atoms with Crippen LogP contribution in [0.2, 0.25) is 0 Å². The van der Waals surface area contributed by atoms with Gasteiger partial charge >= 0.3 is 12.4 Å². The quantitative estimate of drug-likeness (QED) is 0.159. The van der Waals surface area contributed by atoms with Gasteiger partial charge in [-0.15, -0.1) is 0 Å². The Balaban J connectivity index is 1.33. The van der Waals surface area contributed by atoms with Crippen molar-refractivity contribution in [2.24, 2.45) is 0 Å². The van der Waals surface area contributed by atoms with Crippen molar-refractivity contribution < 1.29 is 44.3 Å². The lowest BCUT2D eigenvalue weighted by Gasteiger charge is -2.24. The van der Waals surface area contributed by atoms with Gasteiger partial charge in [-0.25, -0.2) is 27.8 Å². The molecule has 1 N–H and O–H groups in total. The summed E-state index contributed by atoms with van der Waals surface area (Å²) in [6, 6.07) is 7.78. The Morgan fingerprint density at radius 2 is 1.54 bits per heavy atom. The fourth-order valence-electron chi connectivity index (χ4n) is 5.18. The average molecular weight is 713 g/mol. The lowest BCUT2D eigenvalue weighted by Crippen LogP contribution is -2.37. The molecule has 1 unspecified atom stereocenters. The zero-order valence-electron chi connectivity index (χ0n) is 25.9. The van der Waals surface area contributed by atoms with E-state index in [0.717, 1.165) is 31.5 Å². The number of rotatable bonds is 10. The van der Waals surface area contributed by atoms with E-state index in [1.807, 2.05) is 0 Å². The molecule has 0 amide bonds. The highest BCUT2D eigenvalue weighted by atomic mass is 19.4. The topological polar surface area (TPSA) is 104 Å². The molecule has 0 saturated heterocycles. The van der Waals surface area contributed by atoms with Crippen LogP contribution in [0.15, 0.2) is 76.8 Å². The van der Waals surface area contributed by atoms with Crippen molar-refractivity contribution in [3.05, 3.63) is 110 Å². The van der Waals surface area contributed by atoms with Crippen LogP contribution < -0.4 is 21.2 Å². The van der Waals surface area contributed by atoms with E-state index in [0.29, 0.717) is 33.0 Å². The van der Waals surface area contributed by atoms with Crippen LogP contribution in [-0.2, 0) is 25.4 Å². The van der Waals surface area contributed by atoms with Gasteiger partial charge in [0.05, 0.1) is 48.6 Å². The van der Waals surface area contributed by atoms with Gasteiger partial charge in [-0.3, -0.25) is 9.59 Å². The minimum Gasteiger partial charge on any atom is -0.497 e. The molecule has 0 bridgehead atoms. The number of nitrogens with zero attached hydrogens (tertiary/aromatic N) is 5. The number of pyridine rings is 1. The van der Waals surface area contributed by atoms with Crippen molar-refractivity contribution in [3.63, 3.8) is 0 Å². The minimum absolute atomic E-state index is 0.0541. The molecule has 0 spiro atoms. The number of halogens is 9. The first-order valence-corrected chi connectivity index (χ1v) is 14.5. The van der Waals surface area contributed by atoms with Gasteiger partial charge in [-0.1, -0.05) is 12.1 Å².